The molecule has 0 aliphatic carbocycles. The van der Waals surface area contributed by atoms with Gasteiger partial charge in [-0.2, -0.15) is 0 Å². The van der Waals surface area contributed by atoms with Crippen LogP contribution in [0.1, 0.15) is 42.2 Å². The zero-order valence-corrected chi connectivity index (χ0v) is 13.2. The summed E-state index contributed by atoms with van der Waals surface area (Å²) >= 11 is 5.17. The lowest BCUT2D eigenvalue weighted by molar-refractivity contribution is 0.492. The lowest BCUT2D eigenvalue weighted by atomic mass is 10.1. The minimum atomic E-state index is 0.280. The third kappa shape index (κ3) is 3.40. The summed E-state index contributed by atoms with van der Waals surface area (Å²) in [5, 5.41) is 6.82. The van der Waals surface area contributed by atoms with E-state index in [9.17, 15) is 0 Å². The number of thiazole rings is 1. The number of halogens is 1. The Kier molecular flexibility index (Phi) is 4.54. The van der Waals surface area contributed by atoms with Gasteiger partial charge in [-0.25, -0.2) is 4.98 Å². The van der Waals surface area contributed by atoms with Crippen LogP contribution in [-0.4, -0.2) is 4.98 Å². The van der Waals surface area contributed by atoms with Gasteiger partial charge in [-0.1, -0.05) is 28.1 Å². The highest BCUT2D eigenvalue weighted by molar-refractivity contribution is 9.10. The van der Waals surface area contributed by atoms with Gasteiger partial charge in [0.15, 0.2) is 0 Å². The molecular formula is C14H17BrN2S. The Morgan fingerprint density at radius 1 is 1.17 bits per heavy atom. The molecule has 1 aromatic heterocycles. The number of hydrogen-bond acceptors (Lipinski definition) is 3. The van der Waals surface area contributed by atoms with E-state index in [0.29, 0.717) is 6.04 Å². The molecule has 0 spiro atoms. The van der Waals surface area contributed by atoms with E-state index in [1.165, 1.54) is 5.56 Å². The van der Waals surface area contributed by atoms with Crippen LogP contribution in [0.4, 0.5) is 0 Å². The summed E-state index contributed by atoms with van der Waals surface area (Å²) in [5.41, 5.74) is 2.39. The molecule has 2 aromatic rings. The Labute approximate surface area is 121 Å². The largest absolute Gasteiger partial charge is 0.302 e. The maximum atomic E-state index is 4.52. The quantitative estimate of drug-likeness (QED) is 0.887. The SMILES string of the molecule is Cc1csc(C(C)NC(C)c2ccc(Br)cc2)n1. The van der Waals surface area contributed by atoms with Crippen molar-refractivity contribution in [2.24, 2.45) is 0 Å². The highest BCUT2D eigenvalue weighted by atomic mass is 79.9. The molecule has 0 radical (unpaired) electrons. The summed E-state index contributed by atoms with van der Waals surface area (Å²) < 4.78 is 1.11. The van der Waals surface area contributed by atoms with Gasteiger partial charge in [0, 0.05) is 21.6 Å². The number of nitrogens with zero attached hydrogens (tertiary/aromatic N) is 1. The number of hydrogen-bond donors (Lipinski definition) is 1. The van der Waals surface area contributed by atoms with E-state index >= 15 is 0 Å². The standard InChI is InChI=1S/C14H17BrN2S/c1-9-8-18-14(16-9)11(3)17-10(2)12-4-6-13(15)7-5-12/h4-8,10-11,17H,1-3H3. The van der Waals surface area contributed by atoms with Crippen molar-refractivity contribution in [1.29, 1.82) is 0 Å². The van der Waals surface area contributed by atoms with Crippen molar-refractivity contribution >= 4 is 27.3 Å². The smallest absolute Gasteiger partial charge is 0.110 e. The second-order valence-electron chi connectivity index (χ2n) is 4.49. The zero-order chi connectivity index (χ0) is 13.1. The van der Waals surface area contributed by atoms with E-state index < -0.39 is 0 Å². The summed E-state index contributed by atoms with van der Waals surface area (Å²) in [6, 6.07) is 9.03. The van der Waals surface area contributed by atoms with Gasteiger partial charge in [0.05, 0.1) is 6.04 Å². The fourth-order valence-corrected chi connectivity index (χ4v) is 2.94. The summed E-state index contributed by atoms with van der Waals surface area (Å²) in [4.78, 5) is 4.52. The van der Waals surface area contributed by atoms with Crippen LogP contribution in [0.2, 0.25) is 0 Å². The number of nitrogens with one attached hydrogen (secondary N) is 1. The molecule has 2 unspecified atom stereocenters. The van der Waals surface area contributed by atoms with Gasteiger partial charge in [0.1, 0.15) is 5.01 Å². The molecule has 0 aliphatic heterocycles. The Morgan fingerprint density at radius 3 is 2.39 bits per heavy atom. The Bertz CT molecular complexity index is 507. The number of aryl methyl sites for hydroxylation is 1. The van der Waals surface area contributed by atoms with E-state index in [0.717, 1.165) is 15.2 Å². The number of aromatic nitrogens is 1. The van der Waals surface area contributed by atoms with E-state index in [1.54, 1.807) is 11.3 Å². The molecule has 0 saturated carbocycles. The predicted molar refractivity (Wildman–Crippen MR) is 81.0 cm³/mol. The molecule has 2 nitrogen and oxygen atoms in total. The topological polar surface area (TPSA) is 24.9 Å². The average Bonchev–Trinajstić information content (AvgIpc) is 2.76. The molecule has 0 aliphatic rings. The molecule has 2 rings (SSSR count). The van der Waals surface area contributed by atoms with Crippen molar-refractivity contribution in [3.05, 3.63) is 50.4 Å². The lowest BCUT2D eigenvalue weighted by Crippen LogP contribution is -2.22. The fourth-order valence-electron chi connectivity index (χ4n) is 1.87. The average molecular weight is 325 g/mol. The Morgan fingerprint density at radius 2 is 1.83 bits per heavy atom. The van der Waals surface area contributed by atoms with Crippen molar-refractivity contribution in [2.75, 3.05) is 0 Å². The number of benzene rings is 1. The van der Waals surface area contributed by atoms with Gasteiger partial charge < -0.3 is 5.32 Å². The van der Waals surface area contributed by atoms with Gasteiger partial charge in [-0.05, 0) is 38.5 Å². The van der Waals surface area contributed by atoms with E-state index in [1.807, 2.05) is 6.92 Å². The molecule has 96 valence electrons. The Balaban J connectivity index is 2.02. The molecule has 1 N–H and O–H groups in total. The van der Waals surface area contributed by atoms with E-state index in [-0.39, 0.29) is 6.04 Å². The van der Waals surface area contributed by atoms with Gasteiger partial charge in [-0.3, -0.25) is 0 Å². The zero-order valence-electron chi connectivity index (χ0n) is 10.8. The summed E-state index contributed by atoms with van der Waals surface area (Å²) in [7, 11) is 0. The second kappa shape index (κ2) is 5.95. The minimum absolute atomic E-state index is 0.280. The monoisotopic (exact) mass is 324 g/mol. The van der Waals surface area contributed by atoms with Crippen molar-refractivity contribution in [2.45, 2.75) is 32.9 Å². The van der Waals surface area contributed by atoms with Crippen LogP contribution in [0, 0.1) is 6.92 Å². The van der Waals surface area contributed by atoms with Gasteiger partial charge in [-0.15, -0.1) is 11.3 Å². The summed E-state index contributed by atoms with van der Waals surface area (Å²) in [6.07, 6.45) is 0. The Hall–Kier alpha value is -0.710. The molecule has 18 heavy (non-hydrogen) atoms. The minimum Gasteiger partial charge on any atom is -0.302 e. The first-order valence-electron chi connectivity index (χ1n) is 6.00. The number of rotatable bonds is 4. The predicted octanol–water partition coefficient (Wildman–Crippen LogP) is 4.63. The summed E-state index contributed by atoms with van der Waals surface area (Å²) in [5.74, 6) is 0. The van der Waals surface area contributed by atoms with E-state index in [2.05, 4.69) is 69.7 Å². The van der Waals surface area contributed by atoms with E-state index in [4.69, 9.17) is 0 Å². The van der Waals surface area contributed by atoms with Crippen LogP contribution in [0.3, 0.4) is 0 Å². The first-order chi connectivity index (χ1) is 8.56. The van der Waals surface area contributed by atoms with Gasteiger partial charge in [0.2, 0.25) is 0 Å². The fraction of sp³-hybridized carbons (Fsp3) is 0.357. The maximum Gasteiger partial charge on any atom is 0.110 e. The van der Waals surface area contributed by atoms with Gasteiger partial charge >= 0.3 is 0 Å². The molecule has 0 bridgehead atoms. The molecule has 0 fully saturated rings. The third-order valence-electron chi connectivity index (χ3n) is 2.88. The molecule has 1 aromatic carbocycles. The van der Waals surface area contributed by atoms with Crippen LogP contribution < -0.4 is 5.32 Å². The van der Waals surface area contributed by atoms with Crippen molar-refractivity contribution in [3.63, 3.8) is 0 Å². The molecule has 0 amide bonds. The molecule has 2 atom stereocenters. The molecule has 1 heterocycles. The molecule has 4 heteroatoms. The van der Waals surface area contributed by atoms with Crippen LogP contribution in [0.5, 0.6) is 0 Å². The maximum absolute atomic E-state index is 4.52. The molecule has 0 saturated heterocycles. The van der Waals surface area contributed by atoms with Crippen molar-refractivity contribution in [3.8, 4) is 0 Å². The molecular weight excluding hydrogens is 308 g/mol. The highest BCUT2D eigenvalue weighted by Crippen LogP contribution is 2.22. The van der Waals surface area contributed by atoms with Crippen molar-refractivity contribution < 1.29 is 0 Å². The van der Waals surface area contributed by atoms with Crippen LogP contribution in [-0.2, 0) is 0 Å². The first-order valence-corrected chi connectivity index (χ1v) is 7.67. The third-order valence-corrected chi connectivity index (χ3v) is 4.55. The van der Waals surface area contributed by atoms with Gasteiger partial charge in [0.25, 0.3) is 0 Å². The lowest BCUT2D eigenvalue weighted by Gasteiger charge is -2.18. The van der Waals surface area contributed by atoms with Crippen LogP contribution in [0.15, 0.2) is 34.1 Å². The summed E-state index contributed by atoms with van der Waals surface area (Å²) in [6.45, 7) is 6.37. The second-order valence-corrected chi connectivity index (χ2v) is 6.29. The first kappa shape index (κ1) is 13.7. The van der Waals surface area contributed by atoms with Crippen molar-refractivity contribution in [1.82, 2.24) is 10.3 Å². The highest BCUT2D eigenvalue weighted by Gasteiger charge is 2.13. The van der Waals surface area contributed by atoms with Crippen LogP contribution in [0.25, 0.3) is 0 Å². The normalized spacial score (nSPS) is 14.4. The van der Waals surface area contributed by atoms with Crippen LogP contribution >= 0.6 is 27.3 Å².